The summed E-state index contributed by atoms with van der Waals surface area (Å²) >= 11 is 0. The number of ether oxygens (including phenoxy) is 1. The minimum Gasteiger partial charge on any atom is -0.384 e. The van der Waals surface area contributed by atoms with E-state index in [0.29, 0.717) is 12.2 Å². The standard InChI is InChI=1S/C16H25N3O2/c1-3-8-17-13-4-5-14(18-11-13)15(20)19-12-16(2)6-9-21-10-7-16/h4-5,11,17H,3,6-10,12H2,1-2H3,(H,19,20). The van der Waals surface area contributed by atoms with Crippen molar-refractivity contribution in [2.75, 3.05) is 31.6 Å². The molecule has 5 nitrogen and oxygen atoms in total. The van der Waals surface area contributed by atoms with E-state index in [-0.39, 0.29) is 11.3 Å². The maximum absolute atomic E-state index is 12.1. The molecule has 0 atom stereocenters. The molecule has 1 aromatic rings. The fourth-order valence-electron chi connectivity index (χ4n) is 2.33. The molecular formula is C16H25N3O2. The Morgan fingerprint density at radius 3 is 2.76 bits per heavy atom. The normalized spacial score (nSPS) is 17.2. The number of carbonyl (C=O) groups is 1. The van der Waals surface area contributed by atoms with Crippen molar-refractivity contribution in [1.82, 2.24) is 10.3 Å². The van der Waals surface area contributed by atoms with Crippen molar-refractivity contribution in [3.05, 3.63) is 24.0 Å². The van der Waals surface area contributed by atoms with E-state index >= 15 is 0 Å². The van der Waals surface area contributed by atoms with Crippen molar-refractivity contribution in [2.24, 2.45) is 5.41 Å². The smallest absolute Gasteiger partial charge is 0.269 e. The van der Waals surface area contributed by atoms with E-state index in [4.69, 9.17) is 4.74 Å². The molecule has 0 spiro atoms. The predicted molar refractivity (Wildman–Crippen MR) is 83.5 cm³/mol. The van der Waals surface area contributed by atoms with Crippen molar-refractivity contribution in [1.29, 1.82) is 0 Å². The molecule has 1 aromatic heterocycles. The number of hydrogen-bond acceptors (Lipinski definition) is 4. The Labute approximate surface area is 126 Å². The average Bonchev–Trinajstić information content (AvgIpc) is 2.52. The molecule has 0 aromatic carbocycles. The molecule has 21 heavy (non-hydrogen) atoms. The third-order valence-electron chi connectivity index (χ3n) is 3.95. The fraction of sp³-hybridized carbons (Fsp3) is 0.625. The number of pyridine rings is 1. The van der Waals surface area contributed by atoms with Gasteiger partial charge in [-0.15, -0.1) is 0 Å². The van der Waals surface area contributed by atoms with E-state index in [1.165, 1.54) is 0 Å². The van der Waals surface area contributed by atoms with Crippen LogP contribution in [0.25, 0.3) is 0 Å². The van der Waals surface area contributed by atoms with Gasteiger partial charge in [-0.1, -0.05) is 13.8 Å². The molecule has 0 unspecified atom stereocenters. The highest BCUT2D eigenvalue weighted by Crippen LogP contribution is 2.28. The van der Waals surface area contributed by atoms with Gasteiger partial charge in [0.05, 0.1) is 11.9 Å². The van der Waals surface area contributed by atoms with Crippen LogP contribution in [0.1, 0.15) is 43.6 Å². The highest BCUT2D eigenvalue weighted by molar-refractivity contribution is 5.92. The minimum absolute atomic E-state index is 0.107. The third kappa shape index (κ3) is 4.70. The number of nitrogens with one attached hydrogen (secondary N) is 2. The monoisotopic (exact) mass is 291 g/mol. The lowest BCUT2D eigenvalue weighted by Gasteiger charge is -2.33. The van der Waals surface area contributed by atoms with E-state index < -0.39 is 0 Å². The summed E-state index contributed by atoms with van der Waals surface area (Å²) < 4.78 is 5.37. The number of rotatable bonds is 6. The van der Waals surface area contributed by atoms with Gasteiger partial charge in [0.1, 0.15) is 5.69 Å². The molecule has 2 rings (SSSR count). The van der Waals surface area contributed by atoms with Crippen molar-refractivity contribution in [3.8, 4) is 0 Å². The number of anilines is 1. The molecule has 0 aliphatic carbocycles. The Hall–Kier alpha value is -1.62. The summed E-state index contributed by atoms with van der Waals surface area (Å²) in [4.78, 5) is 16.3. The lowest BCUT2D eigenvalue weighted by Crippen LogP contribution is -2.39. The van der Waals surface area contributed by atoms with Gasteiger partial charge in [-0.25, -0.2) is 4.98 Å². The molecule has 116 valence electrons. The molecule has 1 fully saturated rings. The number of amides is 1. The van der Waals surface area contributed by atoms with Gasteiger partial charge in [0.15, 0.2) is 0 Å². The van der Waals surface area contributed by atoms with E-state index in [1.54, 1.807) is 12.3 Å². The van der Waals surface area contributed by atoms with Gasteiger partial charge in [-0.05, 0) is 36.8 Å². The summed E-state index contributed by atoms with van der Waals surface area (Å²) in [6, 6.07) is 3.66. The van der Waals surface area contributed by atoms with E-state index in [0.717, 1.165) is 44.7 Å². The Balaban J connectivity index is 1.85. The number of aromatic nitrogens is 1. The highest BCUT2D eigenvalue weighted by atomic mass is 16.5. The second-order valence-corrected chi connectivity index (χ2v) is 5.96. The van der Waals surface area contributed by atoms with E-state index in [9.17, 15) is 4.79 Å². The first-order chi connectivity index (χ1) is 10.1. The first-order valence-corrected chi connectivity index (χ1v) is 7.69. The largest absolute Gasteiger partial charge is 0.384 e. The van der Waals surface area contributed by atoms with Crippen molar-refractivity contribution in [3.63, 3.8) is 0 Å². The Morgan fingerprint density at radius 2 is 2.14 bits per heavy atom. The molecule has 5 heteroatoms. The van der Waals surface area contributed by atoms with Crippen molar-refractivity contribution >= 4 is 11.6 Å². The molecule has 2 heterocycles. The van der Waals surface area contributed by atoms with Crippen LogP contribution in [0.3, 0.4) is 0 Å². The summed E-state index contributed by atoms with van der Waals surface area (Å²) in [6.45, 7) is 7.45. The van der Waals surface area contributed by atoms with Gasteiger partial charge in [-0.3, -0.25) is 4.79 Å². The first-order valence-electron chi connectivity index (χ1n) is 7.69. The van der Waals surface area contributed by atoms with Gasteiger partial charge in [0.2, 0.25) is 0 Å². The fourth-order valence-corrected chi connectivity index (χ4v) is 2.33. The van der Waals surface area contributed by atoms with Crippen molar-refractivity contribution < 1.29 is 9.53 Å². The topological polar surface area (TPSA) is 63.2 Å². The molecule has 1 aliphatic rings. The van der Waals surface area contributed by atoms with Gasteiger partial charge in [0.25, 0.3) is 5.91 Å². The minimum atomic E-state index is -0.107. The molecule has 2 N–H and O–H groups in total. The van der Waals surface area contributed by atoms with Crippen LogP contribution in [0.5, 0.6) is 0 Å². The van der Waals surface area contributed by atoms with Crippen LogP contribution in [-0.2, 0) is 4.74 Å². The zero-order chi connectivity index (χ0) is 15.1. The lowest BCUT2D eigenvalue weighted by molar-refractivity contribution is 0.0238. The predicted octanol–water partition coefficient (Wildman–Crippen LogP) is 2.45. The van der Waals surface area contributed by atoms with Gasteiger partial charge in [-0.2, -0.15) is 0 Å². The quantitative estimate of drug-likeness (QED) is 0.845. The average molecular weight is 291 g/mol. The van der Waals surface area contributed by atoms with E-state index in [1.807, 2.05) is 6.07 Å². The van der Waals surface area contributed by atoms with Gasteiger partial charge in [0, 0.05) is 26.3 Å². The van der Waals surface area contributed by atoms with Crippen LogP contribution >= 0.6 is 0 Å². The Kier molecular flexibility index (Phi) is 5.56. The molecule has 1 saturated heterocycles. The molecule has 1 aliphatic heterocycles. The SMILES string of the molecule is CCCNc1ccc(C(=O)NCC2(C)CCOCC2)nc1. The Morgan fingerprint density at radius 1 is 1.38 bits per heavy atom. The molecule has 0 bridgehead atoms. The molecule has 0 radical (unpaired) electrons. The van der Waals surface area contributed by atoms with Gasteiger partial charge >= 0.3 is 0 Å². The Bertz CT molecular complexity index is 453. The molecule has 0 saturated carbocycles. The summed E-state index contributed by atoms with van der Waals surface area (Å²) in [6.07, 6.45) is 4.74. The van der Waals surface area contributed by atoms with Crippen molar-refractivity contribution in [2.45, 2.75) is 33.1 Å². The number of hydrogen-bond donors (Lipinski definition) is 2. The van der Waals surface area contributed by atoms with Crippen LogP contribution < -0.4 is 10.6 Å². The first kappa shape index (κ1) is 15.8. The number of carbonyl (C=O) groups excluding carboxylic acids is 1. The highest BCUT2D eigenvalue weighted by Gasteiger charge is 2.27. The lowest BCUT2D eigenvalue weighted by atomic mass is 9.82. The summed E-state index contributed by atoms with van der Waals surface area (Å²) in [5, 5.41) is 6.24. The molecular weight excluding hydrogens is 266 g/mol. The maximum atomic E-state index is 12.1. The maximum Gasteiger partial charge on any atom is 0.269 e. The van der Waals surface area contributed by atoms with Crippen LogP contribution in [0, 0.1) is 5.41 Å². The number of nitrogens with zero attached hydrogens (tertiary/aromatic N) is 1. The zero-order valence-corrected chi connectivity index (χ0v) is 12.9. The second-order valence-electron chi connectivity index (χ2n) is 5.96. The summed E-state index contributed by atoms with van der Waals surface area (Å²) in [7, 11) is 0. The van der Waals surface area contributed by atoms with Gasteiger partial charge < -0.3 is 15.4 Å². The van der Waals surface area contributed by atoms with Crippen LogP contribution in [0.15, 0.2) is 18.3 Å². The third-order valence-corrected chi connectivity index (χ3v) is 3.95. The molecule has 1 amide bonds. The van der Waals surface area contributed by atoms with Crippen LogP contribution in [0.2, 0.25) is 0 Å². The van der Waals surface area contributed by atoms with E-state index in [2.05, 4.69) is 29.5 Å². The van der Waals surface area contributed by atoms with Crippen LogP contribution in [0.4, 0.5) is 5.69 Å². The second kappa shape index (κ2) is 7.41. The zero-order valence-electron chi connectivity index (χ0n) is 12.9. The summed E-state index contributed by atoms with van der Waals surface area (Å²) in [5.41, 5.74) is 1.55. The van der Waals surface area contributed by atoms with Crippen LogP contribution in [-0.4, -0.2) is 37.2 Å². The summed E-state index contributed by atoms with van der Waals surface area (Å²) in [5.74, 6) is -0.107.